The fraction of sp³-hybridized carbons (Fsp3) is 0.500. The number of anilines is 1. The highest BCUT2D eigenvalue weighted by molar-refractivity contribution is 6.33. The van der Waals surface area contributed by atoms with Crippen molar-refractivity contribution in [3.05, 3.63) is 76.1 Å². The predicted molar refractivity (Wildman–Crippen MR) is 205 cm³/mol. The molecule has 2 aromatic heterocycles. The second kappa shape index (κ2) is 15.9. The average molecular weight is 727 g/mol. The first-order chi connectivity index (χ1) is 25.3. The molecular formula is C40H51ClN8O3. The minimum atomic E-state index is -1.07. The van der Waals surface area contributed by atoms with Crippen LogP contribution in [0.2, 0.25) is 5.02 Å². The molecule has 2 aromatic carbocycles. The number of piperazine rings is 1. The van der Waals surface area contributed by atoms with E-state index in [4.69, 9.17) is 21.3 Å². The van der Waals surface area contributed by atoms with Crippen molar-refractivity contribution in [2.75, 3.05) is 38.2 Å². The molecule has 1 aliphatic carbocycles. The topological polar surface area (TPSA) is 125 Å². The van der Waals surface area contributed by atoms with Gasteiger partial charge < -0.3 is 26.0 Å². The molecule has 52 heavy (non-hydrogen) atoms. The Balaban J connectivity index is 1.02. The summed E-state index contributed by atoms with van der Waals surface area (Å²) in [6, 6.07) is 15.1. The summed E-state index contributed by atoms with van der Waals surface area (Å²) >= 11 is 6.72. The van der Waals surface area contributed by atoms with E-state index in [2.05, 4.69) is 76.3 Å². The smallest absolute Gasteiger partial charge is 0.235 e. The van der Waals surface area contributed by atoms with E-state index in [0.29, 0.717) is 56.6 Å². The van der Waals surface area contributed by atoms with Gasteiger partial charge in [0.15, 0.2) is 5.65 Å². The lowest BCUT2D eigenvalue weighted by Gasteiger charge is -2.31. The third-order valence-corrected chi connectivity index (χ3v) is 11.1. The van der Waals surface area contributed by atoms with Gasteiger partial charge in [0.2, 0.25) is 11.8 Å². The number of fused-ring (bicyclic) bond motifs is 1. The Kier molecular flexibility index (Phi) is 11.1. The van der Waals surface area contributed by atoms with Gasteiger partial charge in [0.25, 0.3) is 0 Å². The molecule has 0 unspecified atom stereocenters. The van der Waals surface area contributed by atoms with Crippen LogP contribution >= 0.6 is 11.6 Å². The van der Waals surface area contributed by atoms with Crippen LogP contribution in [0.25, 0.3) is 22.2 Å². The molecule has 4 N–H and O–H groups in total. The summed E-state index contributed by atoms with van der Waals surface area (Å²) in [5.74, 6) is -0.497. The number of hydrogen-bond acceptors (Lipinski definition) is 8. The van der Waals surface area contributed by atoms with Crippen LogP contribution in [-0.2, 0) is 46.9 Å². The van der Waals surface area contributed by atoms with Gasteiger partial charge in [-0.1, -0.05) is 42.8 Å². The molecule has 0 bridgehead atoms. The summed E-state index contributed by atoms with van der Waals surface area (Å²) in [7, 11) is 0. The van der Waals surface area contributed by atoms with Crippen molar-refractivity contribution in [2.24, 2.45) is 5.41 Å². The monoisotopic (exact) mass is 726 g/mol. The van der Waals surface area contributed by atoms with E-state index in [-0.39, 0.29) is 24.4 Å². The minimum absolute atomic E-state index is 0.247. The van der Waals surface area contributed by atoms with E-state index >= 15 is 0 Å². The first-order valence-electron chi connectivity index (χ1n) is 18.9. The van der Waals surface area contributed by atoms with E-state index in [1.165, 1.54) is 5.56 Å². The van der Waals surface area contributed by atoms with E-state index in [1.807, 2.05) is 29.1 Å². The Morgan fingerprint density at radius 2 is 1.83 bits per heavy atom. The van der Waals surface area contributed by atoms with Crippen LogP contribution < -0.4 is 21.3 Å². The minimum Gasteiger partial charge on any atom is -0.381 e. The molecule has 4 aromatic rings. The second-order valence-corrected chi connectivity index (χ2v) is 15.0. The zero-order valence-electron chi connectivity index (χ0n) is 30.6. The first kappa shape index (κ1) is 36.3. The van der Waals surface area contributed by atoms with Crippen LogP contribution in [-0.4, -0.2) is 76.4 Å². The molecule has 2 aliphatic heterocycles. The van der Waals surface area contributed by atoms with Crippen LogP contribution in [0.3, 0.4) is 0 Å². The highest BCUT2D eigenvalue weighted by atomic mass is 35.5. The molecule has 3 aliphatic rings. The average Bonchev–Trinajstić information content (AvgIpc) is 3.88. The number of pyridine rings is 1. The summed E-state index contributed by atoms with van der Waals surface area (Å²) in [6.07, 6.45) is 5.40. The van der Waals surface area contributed by atoms with Crippen molar-refractivity contribution in [1.82, 2.24) is 35.6 Å². The van der Waals surface area contributed by atoms with Gasteiger partial charge in [0.1, 0.15) is 5.41 Å². The highest BCUT2D eigenvalue weighted by Crippen LogP contribution is 2.46. The quantitative estimate of drug-likeness (QED) is 0.135. The lowest BCUT2D eigenvalue weighted by atomic mass is 10.00. The number of ether oxygens (including phenoxy) is 1. The van der Waals surface area contributed by atoms with Gasteiger partial charge in [-0.3, -0.25) is 14.5 Å². The summed E-state index contributed by atoms with van der Waals surface area (Å²) in [5.41, 5.74) is 6.72. The number of amides is 2. The maximum absolute atomic E-state index is 13.8. The molecular weight excluding hydrogens is 676 g/mol. The van der Waals surface area contributed by atoms with Gasteiger partial charge >= 0.3 is 0 Å². The van der Waals surface area contributed by atoms with E-state index in [1.54, 1.807) is 0 Å². The number of carbonyl (C=O) groups is 2. The van der Waals surface area contributed by atoms with Crippen molar-refractivity contribution < 1.29 is 14.3 Å². The molecule has 0 radical (unpaired) electrons. The number of benzene rings is 2. The normalized spacial score (nSPS) is 19.0. The highest BCUT2D eigenvalue weighted by Gasteiger charge is 2.56. The molecule has 3 fully saturated rings. The maximum Gasteiger partial charge on any atom is 0.235 e. The van der Waals surface area contributed by atoms with Gasteiger partial charge in [-0.25, -0.2) is 9.67 Å². The fourth-order valence-electron chi connectivity index (χ4n) is 7.63. The van der Waals surface area contributed by atoms with Gasteiger partial charge in [-0.15, -0.1) is 0 Å². The number of aryl methyl sites for hydroxylation is 2. The Morgan fingerprint density at radius 1 is 1.04 bits per heavy atom. The Morgan fingerprint density at radius 3 is 2.56 bits per heavy atom. The fourth-order valence-corrected chi connectivity index (χ4v) is 7.85. The zero-order valence-corrected chi connectivity index (χ0v) is 31.3. The lowest BCUT2D eigenvalue weighted by molar-refractivity contribution is -0.137. The third kappa shape index (κ3) is 7.83. The Hall–Kier alpha value is -4.03. The summed E-state index contributed by atoms with van der Waals surface area (Å²) in [6.45, 7) is 13.0. The maximum atomic E-state index is 13.8. The molecule has 4 heterocycles. The van der Waals surface area contributed by atoms with E-state index in [9.17, 15) is 9.59 Å². The van der Waals surface area contributed by atoms with Gasteiger partial charge in [-0.05, 0) is 80.8 Å². The van der Waals surface area contributed by atoms with E-state index in [0.717, 1.165) is 83.7 Å². The van der Waals surface area contributed by atoms with Gasteiger partial charge in [-0.2, -0.15) is 5.10 Å². The molecule has 11 nitrogen and oxygen atoms in total. The molecule has 2 saturated heterocycles. The van der Waals surface area contributed by atoms with Crippen molar-refractivity contribution in [1.29, 1.82) is 0 Å². The van der Waals surface area contributed by atoms with Crippen LogP contribution in [0.15, 0.2) is 48.7 Å². The predicted octanol–water partition coefficient (Wildman–Crippen LogP) is 5.43. The van der Waals surface area contributed by atoms with Crippen molar-refractivity contribution in [3.8, 4) is 11.1 Å². The van der Waals surface area contributed by atoms with E-state index < -0.39 is 5.41 Å². The standard InChI is InChI=1S/C40H51ClN8O3/c1-4-35-32(36(46-30-11-17-52-18-12-30)33-23-45-49(5-2)37(33)47-35)22-44-39(51)40(13-14-40)38(50)43-21-27-9-10-34(41)31(20-27)29-8-6-7-28(19-29)25-48-16-15-42-26(3)24-48/h6-10,19-20,23,26,30,42H,4-5,11-18,21-22,24-25H2,1-3H3,(H,43,50)(H,44,51)(H,46,47)/t26-/m0/s1. The second-order valence-electron chi connectivity index (χ2n) is 14.5. The SMILES string of the molecule is CCc1nc2c(cnn2CC)c(NC2CCOCC2)c1CNC(=O)C1(C(=O)NCc2ccc(Cl)c(-c3cccc(CN4CCN[C@@H](C)C4)c3)c2)CC1. The summed E-state index contributed by atoms with van der Waals surface area (Å²) in [5, 5.41) is 19.7. The van der Waals surface area contributed by atoms with Gasteiger partial charge in [0, 0.05) is 93.0 Å². The van der Waals surface area contributed by atoms with Crippen LogP contribution in [0.5, 0.6) is 0 Å². The number of hydrogen-bond donors (Lipinski definition) is 4. The molecule has 2 amide bonds. The van der Waals surface area contributed by atoms with Crippen LogP contribution in [0.1, 0.15) is 68.8 Å². The Bertz CT molecular complexity index is 1920. The third-order valence-electron chi connectivity index (χ3n) is 10.8. The van der Waals surface area contributed by atoms with Crippen molar-refractivity contribution >= 4 is 40.1 Å². The first-order valence-corrected chi connectivity index (χ1v) is 19.3. The number of nitrogens with one attached hydrogen (secondary N) is 4. The van der Waals surface area contributed by atoms with Crippen LogP contribution in [0.4, 0.5) is 5.69 Å². The largest absolute Gasteiger partial charge is 0.381 e. The number of nitrogens with zero attached hydrogens (tertiary/aromatic N) is 4. The molecule has 1 atom stereocenters. The molecule has 7 rings (SSSR count). The summed E-state index contributed by atoms with van der Waals surface area (Å²) in [4.78, 5) is 34.9. The van der Waals surface area contributed by atoms with Crippen molar-refractivity contribution in [2.45, 2.75) is 91.1 Å². The number of aromatic nitrogens is 3. The zero-order chi connectivity index (χ0) is 36.2. The summed E-state index contributed by atoms with van der Waals surface area (Å²) < 4.78 is 7.51. The van der Waals surface area contributed by atoms with Crippen molar-refractivity contribution in [3.63, 3.8) is 0 Å². The molecule has 0 spiro atoms. The Labute approximate surface area is 311 Å². The molecule has 276 valence electrons. The van der Waals surface area contributed by atoms with Crippen LogP contribution in [0, 0.1) is 5.41 Å². The number of rotatable bonds is 13. The van der Waals surface area contributed by atoms with Gasteiger partial charge in [0.05, 0.1) is 17.3 Å². The number of carbonyl (C=O) groups excluding carboxylic acids is 2. The number of halogens is 1. The molecule has 1 saturated carbocycles. The molecule has 12 heteroatoms. The lowest BCUT2D eigenvalue weighted by Crippen LogP contribution is -2.48.